The molecule has 0 spiro atoms. The number of aryl methyl sites for hydroxylation is 1. The Morgan fingerprint density at radius 1 is 1.06 bits per heavy atom. The van der Waals surface area contributed by atoms with E-state index in [2.05, 4.69) is 0 Å². The fourth-order valence-electron chi connectivity index (χ4n) is 1.57. The van der Waals surface area contributed by atoms with Crippen molar-refractivity contribution in [1.29, 1.82) is 0 Å². The van der Waals surface area contributed by atoms with Crippen LogP contribution in [0.5, 0.6) is 5.75 Å². The SMILES string of the molecule is Cc1ccc(-c2ccc([C]=O)cc2O)cc1. The number of phenols is 1. The molecule has 0 amide bonds. The van der Waals surface area contributed by atoms with Crippen molar-refractivity contribution in [2.45, 2.75) is 6.92 Å². The van der Waals surface area contributed by atoms with Gasteiger partial charge in [-0.1, -0.05) is 35.9 Å². The minimum Gasteiger partial charge on any atom is -0.507 e. The molecule has 0 bridgehead atoms. The van der Waals surface area contributed by atoms with Crippen LogP contribution in [0.2, 0.25) is 0 Å². The molecule has 2 aromatic rings. The molecule has 0 saturated carbocycles. The summed E-state index contributed by atoms with van der Waals surface area (Å²) < 4.78 is 0. The molecule has 2 heteroatoms. The molecule has 79 valence electrons. The van der Waals surface area contributed by atoms with E-state index in [1.165, 1.54) is 11.6 Å². The average Bonchev–Trinajstić information content (AvgIpc) is 2.30. The smallest absolute Gasteiger partial charge is 0.233 e. The molecule has 0 saturated heterocycles. The summed E-state index contributed by atoms with van der Waals surface area (Å²) >= 11 is 0. The van der Waals surface area contributed by atoms with E-state index in [1.807, 2.05) is 31.2 Å². The number of phenolic OH excluding ortho intramolecular Hbond substituents is 1. The lowest BCUT2D eigenvalue weighted by atomic mass is 10.0. The van der Waals surface area contributed by atoms with Crippen LogP contribution in [0, 0.1) is 6.92 Å². The Morgan fingerprint density at radius 3 is 2.31 bits per heavy atom. The lowest BCUT2D eigenvalue weighted by Gasteiger charge is -2.05. The van der Waals surface area contributed by atoms with Gasteiger partial charge in [0.2, 0.25) is 6.29 Å². The van der Waals surface area contributed by atoms with Crippen molar-refractivity contribution in [3.05, 3.63) is 53.6 Å². The average molecular weight is 211 g/mol. The molecule has 0 aromatic heterocycles. The fraction of sp³-hybridized carbons (Fsp3) is 0.0714. The quantitative estimate of drug-likeness (QED) is 0.829. The number of carbonyl (C=O) groups excluding carboxylic acids is 1. The molecule has 16 heavy (non-hydrogen) atoms. The molecule has 0 fully saturated rings. The normalized spacial score (nSPS) is 10.1. The minimum absolute atomic E-state index is 0.102. The highest BCUT2D eigenvalue weighted by atomic mass is 16.3. The highest BCUT2D eigenvalue weighted by molar-refractivity contribution is 5.80. The second-order valence-electron chi connectivity index (χ2n) is 3.70. The van der Waals surface area contributed by atoms with Crippen LogP contribution in [-0.2, 0) is 4.79 Å². The van der Waals surface area contributed by atoms with Gasteiger partial charge in [0.05, 0.1) is 0 Å². The van der Waals surface area contributed by atoms with Crippen LogP contribution in [-0.4, -0.2) is 11.4 Å². The maximum atomic E-state index is 10.4. The first-order valence-electron chi connectivity index (χ1n) is 4.99. The predicted octanol–water partition coefficient (Wildman–Crippen LogP) is 2.83. The third-order valence-electron chi connectivity index (χ3n) is 2.48. The lowest BCUT2D eigenvalue weighted by Crippen LogP contribution is -1.84. The minimum atomic E-state index is 0.102. The molecule has 2 aromatic carbocycles. The first-order valence-corrected chi connectivity index (χ1v) is 4.99. The molecule has 2 nitrogen and oxygen atoms in total. The van der Waals surface area contributed by atoms with Crippen molar-refractivity contribution in [3.8, 4) is 16.9 Å². The Bertz CT molecular complexity index is 513. The Labute approximate surface area is 94.2 Å². The maximum absolute atomic E-state index is 10.4. The van der Waals surface area contributed by atoms with Crippen LogP contribution in [0.1, 0.15) is 11.1 Å². The number of hydrogen-bond donors (Lipinski definition) is 1. The molecule has 1 radical (unpaired) electrons. The molecule has 2 rings (SSSR count). The Balaban J connectivity index is 2.48. The number of benzene rings is 2. The number of hydrogen-bond acceptors (Lipinski definition) is 2. The molecular formula is C14H11O2. The highest BCUT2D eigenvalue weighted by Gasteiger charge is 2.04. The molecular weight excluding hydrogens is 200 g/mol. The summed E-state index contributed by atoms with van der Waals surface area (Å²) in [5.41, 5.74) is 3.17. The highest BCUT2D eigenvalue weighted by Crippen LogP contribution is 2.29. The topological polar surface area (TPSA) is 37.3 Å². The summed E-state index contributed by atoms with van der Waals surface area (Å²) in [4.78, 5) is 10.4. The summed E-state index contributed by atoms with van der Waals surface area (Å²) in [5, 5.41) is 9.77. The van der Waals surface area contributed by atoms with E-state index < -0.39 is 0 Å². The van der Waals surface area contributed by atoms with E-state index in [0.717, 1.165) is 11.1 Å². The Hall–Kier alpha value is -2.09. The fourth-order valence-corrected chi connectivity index (χ4v) is 1.57. The van der Waals surface area contributed by atoms with Crippen LogP contribution in [0.25, 0.3) is 11.1 Å². The van der Waals surface area contributed by atoms with Crippen LogP contribution in [0.4, 0.5) is 0 Å². The van der Waals surface area contributed by atoms with Crippen LogP contribution < -0.4 is 0 Å². The molecule has 0 unspecified atom stereocenters. The van der Waals surface area contributed by atoms with E-state index in [1.54, 1.807) is 18.4 Å². The van der Waals surface area contributed by atoms with Gasteiger partial charge in [-0.25, -0.2) is 0 Å². The summed E-state index contributed by atoms with van der Waals surface area (Å²) in [7, 11) is 0. The molecule has 0 aliphatic carbocycles. The van der Waals surface area contributed by atoms with Gasteiger partial charge in [-0.05, 0) is 24.6 Å². The van der Waals surface area contributed by atoms with Gasteiger partial charge in [-0.15, -0.1) is 0 Å². The van der Waals surface area contributed by atoms with Crippen molar-refractivity contribution in [1.82, 2.24) is 0 Å². The second-order valence-corrected chi connectivity index (χ2v) is 3.70. The molecule has 1 N–H and O–H groups in total. The lowest BCUT2D eigenvalue weighted by molar-refractivity contribution is 0.477. The van der Waals surface area contributed by atoms with Gasteiger partial charge in [0, 0.05) is 11.1 Å². The molecule has 0 aliphatic rings. The third kappa shape index (κ3) is 1.96. The summed E-state index contributed by atoms with van der Waals surface area (Å²) in [5.74, 6) is 0.102. The predicted molar refractivity (Wildman–Crippen MR) is 63.1 cm³/mol. The summed E-state index contributed by atoms with van der Waals surface area (Å²) in [6.07, 6.45) is 1.75. The van der Waals surface area contributed by atoms with Crippen molar-refractivity contribution >= 4 is 6.29 Å². The van der Waals surface area contributed by atoms with Gasteiger partial charge < -0.3 is 5.11 Å². The standard InChI is InChI=1S/C14H11O2/c1-10-2-5-12(6-3-10)13-7-4-11(9-15)8-14(13)16/h2-8,16H,1H3. The monoisotopic (exact) mass is 211 g/mol. The van der Waals surface area contributed by atoms with Crippen molar-refractivity contribution in [2.75, 3.05) is 0 Å². The Kier molecular flexibility index (Phi) is 2.73. The van der Waals surface area contributed by atoms with Gasteiger partial charge in [0.15, 0.2) is 0 Å². The second kappa shape index (κ2) is 4.19. The zero-order valence-electron chi connectivity index (χ0n) is 8.90. The van der Waals surface area contributed by atoms with Crippen molar-refractivity contribution in [2.24, 2.45) is 0 Å². The zero-order valence-corrected chi connectivity index (χ0v) is 8.90. The van der Waals surface area contributed by atoms with E-state index >= 15 is 0 Å². The zero-order chi connectivity index (χ0) is 11.5. The molecule has 0 heterocycles. The van der Waals surface area contributed by atoms with E-state index in [4.69, 9.17) is 0 Å². The molecule has 0 atom stereocenters. The third-order valence-corrected chi connectivity index (χ3v) is 2.48. The van der Waals surface area contributed by atoms with Crippen molar-refractivity contribution in [3.63, 3.8) is 0 Å². The van der Waals surface area contributed by atoms with Crippen molar-refractivity contribution < 1.29 is 9.90 Å². The van der Waals surface area contributed by atoms with E-state index in [0.29, 0.717) is 5.56 Å². The van der Waals surface area contributed by atoms with Crippen LogP contribution in [0.15, 0.2) is 42.5 Å². The van der Waals surface area contributed by atoms with E-state index in [9.17, 15) is 9.90 Å². The van der Waals surface area contributed by atoms with Gasteiger partial charge in [-0.2, -0.15) is 0 Å². The maximum Gasteiger partial charge on any atom is 0.233 e. The number of rotatable bonds is 2. The molecule has 0 aliphatic heterocycles. The Morgan fingerprint density at radius 2 is 1.75 bits per heavy atom. The van der Waals surface area contributed by atoms with Gasteiger partial charge >= 0.3 is 0 Å². The first kappa shape index (κ1) is 10.4. The van der Waals surface area contributed by atoms with Crippen LogP contribution >= 0.6 is 0 Å². The van der Waals surface area contributed by atoms with Gasteiger partial charge in [0.25, 0.3) is 0 Å². The number of aromatic hydroxyl groups is 1. The van der Waals surface area contributed by atoms with Crippen LogP contribution in [0.3, 0.4) is 0 Å². The first-order chi connectivity index (χ1) is 7.70. The summed E-state index contributed by atoms with van der Waals surface area (Å²) in [6, 6.07) is 12.6. The van der Waals surface area contributed by atoms with E-state index in [-0.39, 0.29) is 5.75 Å². The summed E-state index contributed by atoms with van der Waals surface area (Å²) in [6.45, 7) is 2.01. The largest absolute Gasteiger partial charge is 0.507 e. The van der Waals surface area contributed by atoms with Gasteiger partial charge in [-0.3, -0.25) is 4.79 Å². The van der Waals surface area contributed by atoms with Gasteiger partial charge in [0.1, 0.15) is 5.75 Å².